The van der Waals surface area contributed by atoms with E-state index in [4.69, 9.17) is 9.47 Å². The molecule has 2 aromatic rings. The average Bonchev–Trinajstić information content (AvgIpc) is 3.05. The minimum Gasteiger partial charge on any atom is -0.493 e. The van der Waals surface area contributed by atoms with Crippen molar-refractivity contribution in [3.8, 4) is 11.5 Å². The van der Waals surface area contributed by atoms with Gasteiger partial charge >= 0.3 is 5.97 Å². The second-order valence-electron chi connectivity index (χ2n) is 6.47. The number of carbonyl (C=O) groups excluding carboxylic acids is 3. The first kappa shape index (κ1) is 22.8. The van der Waals surface area contributed by atoms with E-state index in [-0.39, 0.29) is 17.2 Å². The van der Waals surface area contributed by atoms with Gasteiger partial charge in [0.15, 0.2) is 11.5 Å². The maximum absolute atomic E-state index is 12.5. The first-order valence-corrected chi connectivity index (χ1v) is 10.0. The van der Waals surface area contributed by atoms with E-state index in [9.17, 15) is 24.5 Å². The van der Waals surface area contributed by atoms with Crippen molar-refractivity contribution >= 4 is 40.6 Å². The molecule has 2 aromatic carbocycles. The SMILES string of the molecule is COC(=O)CN1C(=O)S/C(=C\c2ccc(OC)c(OCc3ccc([N+](=O)[O-])cc3)c2)C1=O. The molecule has 0 spiro atoms. The number of rotatable bonds is 8. The number of nitrogens with zero attached hydrogens (tertiary/aromatic N) is 2. The maximum Gasteiger partial charge on any atom is 0.325 e. The molecule has 1 heterocycles. The number of thioether (sulfide) groups is 1. The number of hydrogen-bond acceptors (Lipinski definition) is 9. The molecule has 1 aliphatic heterocycles. The number of nitro groups is 1. The Morgan fingerprint density at radius 1 is 1.12 bits per heavy atom. The number of methoxy groups -OCH3 is 2. The van der Waals surface area contributed by atoms with Crippen molar-refractivity contribution in [2.75, 3.05) is 20.8 Å². The smallest absolute Gasteiger partial charge is 0.325 e. The van der Waals surface area contributed by atoms with Gasteiger partial charge in [-0.05, 0) is 53.2 Å². The van der Waals surface area contributed by atoms with Crippen LogP contribution < -0.4 is 9.47 Å². The summed E-state index contributed by atoms with van der Waals surface area (Å²) in [6, 6.07) is 10.9. The van der Waals surface area contributed by atoms with Crippen molar-refractivity contribution in [2.24, 2.45) is 0 Å². The van der Waals surface area contributed by atoms with Crippen molar-refractivity contribution in [3.63, 3.8) is 0 Å². The first-order chi connectivity index (χ1) is 15.3. The number of ether oxygens (including phenoxy) is 3. The number of nitro benzene ring substituents is 1. The fourth-order valence-electron chi connectivity index (χ4n) is 2.75. The lowest BCUT2D eigenvalue weighted by atomic mass is 10.1. The summed E-state index contributed by atoms with van der Waals surface area (Å²) in [4.78, 5) is 47.2. The second kappa shape index (κ2) is 9.96. The Labute approximate surface area is 186 Å². The van der Waals surface area contributed by atoms with Crippen LogP contribution in [0.5, 0.6) is 11.5 Å². The maximum atomic E-state index is 12.5. The van der Waals surface area contributed by atoms with Crippen LogP contribution in [0.2, 0.25) is 0 Å². The molecule has 0 radical (unpaired) electrons. The fourth-order valence-corrected chi connectivity index (χ4v) is 3.59. The topological polar surface area (TPSA) is 125 Å². The van der Waals surface area contributed by atoms with Crippen molar-refractivity contribution < 1.29 is 33.5 Å². The average molecular weight is 458 g/mol. The standard InChI is InChI=1S/C21H18N2O8S/c1-29-16-8-5-14(10-18-20(25)22(21(26)32-18)11-19(24)30-2)9-17(16)31-12-13-3-6-15(7-4-13)23(27)28/h3-10H,11-12H2,1-2H3/b18-10-. The molecule has 2 amide bonds. The molecule has 3 rings (SSSR count). The molecule has 32 heavy (non-hydrogen) atoms. The summed E-state index contributed by atoms with van der Waals surface area (Å²) < 4.78 is 15.6. The molecule has 0 N–H and O–H groups in total. The third kappa shape index (κ3) is 5.24. The Morgan fingerprint density at radius 2 is 1.84 bits per heavy atom. The first-order valence-electron chi connectivity index (χ1n) is 9.18. The number of amides is 2. The highest BCUT2D eigenvalue weighted by molar-refractivity contribution is 8.18. The summed E-state index contributed by atoms with van der Waals surface area (Å²) >= 11 is 0.722. The molecule has 0 aliphatic carbocycles. The summed E-state index contributed by atoms with van der Waals surface area (Å²) in [7, 11) is 2.65. The van der Waals surface area contributed by atoms with Gasteiger partial charge in [0.2, 0.25) is 0 Å². The lowest BCUT2D eigenvalue weighted by Crippen LogP contribution is -2.34. The Kier molecular flexibility index (Phi) is 7.11. The molecule has 0 atom stereocenters. The predicted octanol–water partition coefficient (Wildman–Crippen LogP) is 3.39. The normalized spacial score (nSPS) is 14.6. The van der Waals surface area contributed by atoms with Gasteiger partial charge in [-0.25, -0.2) is 0 Å². The van der Waals surface area contributed by atoms with E-state index in [0.29, 0.717) is 22.6 Å². The quantitative estimate of drug-likeness (QED) is 0.253. The van der Waals surface area contributed by atoms with E-state index in [1.165, 1.54) is 32.4 Å². The van der Waals surface area contributed by atoms with Crippen LogP contribution >= 0.6 is 11.8 Å². The van der Waals surface area contributed by atoms with Crippen LogP contribution in [-0.4, -0.2) is 47.7 Å². The van der Waals surface area contributed by atoms with Crippen LogP contribution in [0.4, 0.5) is 10.5 Å². The molecule has 11 heteroatoms. The number of imide groups is 1. The predicted molar refractivity (Wildman–Crippen MR) is 115 cm³/mol. The molecule has 0 bridgehead atoms. The van der Waals surface area contributed by atoms with Crippen LogP contribution in [-0.2, 0) is 20.9 Å². The van der Waals surface area contributed by atoms with Gasteiger partial charge in [0.25, 0.3) is 16.8 Å². The van der Waals surface area contributed by atoms with Gasteiger partial charge in [-0.15, -0.1) is 0 Å². The molecular formula is C21H18N2O8S. The third-order valence-electron chi connectivity index (χ3n) is 4.42. The lowest BCUT2D eigenvalue weighted by Gasteiger charge is -2.12. The highest BCUT2D eigenvalue weighted by Crippen LogP contribution is 2.34. The number of carbonyl (C=O) groups is 3. The molecule has 10 nitrogen and oxygen atoms in total. The van der Waals surface area contributed by atoms with E-state index >= 15 is 0 Å². The molecular weight excluding hydrogens is 440 g/mol. The van der Waals surface area contributed by atoms with Gasteiger partial charge in [0, 0.05) is 12.1 Å². The minimum atomic E-state index is -0.695. The Balaban J connectivity index is 1.77. The summed E-state index contributed by atoms with van der Waals surface area (Å²) in [6.45, 7) is -0.321. The van der Waals surface area contributed by atoms with Gasteiger partial charge in [-0.1, -0.05) is 6.07 Å². The van der Waals surface area contributed by atoms with Crippen molar-refractivity contribution in [2.45, 2.75) is 6.61 Å². The number of benzene rings is 2. The third-order valence-corrected chi connectivity index (χ3v) is 5.32. The zero-order valence-electron chi connectivity index (χ0n) is 17.1. The van der Waals surface area contributed by atoms with Crippen molar-refractivity contribution in [1.29, 1.82) is 0 Å². The molecule has 1 aliphatic rings. The fraction of sp³-hybridized carbons (Fsp3) is 0.190. The minimum absolute atomic E-state index is 0.0190. The number of non-ortho nitro benzene ring substituents is 1. The Bertz CT molecular complexity index is 1100. The Hall–Kier alpha value is -3.86. The molecule has 0 saturated carbocycles. The van der Waals surface area contributed by atoms with Crippen molar-refractivity contribution in [1.82, 2.24) is 4.90 Å². The lowest BCUT2D eigenvalue weighted by molar-refractivity contribution is -0.384. The van der Waals surface area contributed by atoms with Gasteiger partial charge < -0.3 is 14.2 Å². The van der Waals surface area contributed by atoms with Gasteiger partial charge in [-0.2, -0.15) is 0 Å². The Morgan fingerprint density at radius 3 is 2.47 bits per heavy atom. The van der Waals surface area contributed by atoms with Gasteiger partial charge in [0.05, 0.1) is 24.0 Å². The summed E-state index contributed by atoms with van der Waals surface area (Å²) in [6.07, 6.45) is 1.51. The van der Waals surface area contributed by atoms with Crippen LogP contribution in [0.15, 0.2) is 47.4 Å². The number of esters is 1. The van der Waals surface area contributed by atoms with E-state index in [0.717, 1.165) is 16.7 Å². The van der Waals surface area contributed by atoms with E-state index in [1.54, 1.807) is 30.3 Å². The summed E-state index contributed by atoms with van der Waals surface area (Å²) in [5.41, 5.74) is 1.27. The van der Waals surface area contributed by atoms with E-state index in [1.807, 2.05) is 0 Å². The van der Waals surface area contributed by atoms with Crippen LogP contribution in [0.25, 0.3) is 6.08 Å². The summed E-state index contributed by atoms with van der Waals surface area (Å²) in [5, 5.41) is 10.2. The zero-order chi connectivity index (χ0) is 23.3. The van der Waals surface area contributed by atoms with Crippen molar-refractivity contribution in [3.05, 3.63) is 68.6 Å². The molecule has 0 unspecified atom stereocenters. The molecule has 166 valence electrons. The van der Waals surface area contributed by atoms with E-state index < -0.39 is 28.6 Å². The van der Waals surface area contributed by atoms with Crippen LogP contribution in [0, 0.1) is 10.1 Å². The van der Waals surface area contributed by atoms with Crippen LogP contribution in [0.1, 0.15) is 11.1 Å². The van der Waals surface area contributed by atoms with Gasteiger partial charge in [-0.3, -0.25) is 29.4 Å². The second-order valence-corrected chi connectivity index (χ2v) is 7.46. The zero-order valence-corrected chi connectivity index (χ0v) is 17.9. The molecule has 1 fully saturated rings. The number of hydrogen-bond donors (Lipinski definition) is 0. The van der Waals surface area contributed by atoms with Crippen LogP contribution in [0.3, 0.4) is 0 Å². The monoisotopic (exact) mass is 458 g/mol. The molecule has 0 aromatic heterocycles. The largest absolute Gasteiger partial charge is 0.493 e. The summed E-state index contributed by atoms with van der Waals surface area (Å²) in [5.74, 6) is -0.453. The van der Waals surface area contributed by atoms with Gasteiger partial charge in [0.1, 0.15) is 13.2 Å². The highest BCUT2D eigenvalue weighted by Gasteiger charge is 2.36. The van der Waals surface area contributed by atoms with E-state index in [2.05, 4.69) is 4.74 Å². The molecule has 1 saturated heterocycles. The highest BCUT2D eigenvalue weighted by atomic mass is 32.2.